The van der Waals surface area contributed by atoms with Crippen LogP contribution in [0.1, 0.15) is 6.42 Å². The molecule has 1 N–H and O–H groups in total. The number of nitrogens with one attached hydrogen (secondary N) is 1. The molecule has 0 bridgehead atoms. The van der Waals surface area contributed by atoms with Gasteiger partial charge in [0.15, 0.2) is 0 Å². The number of carbonyl (C=O) groups is 2. The van der Waals surface area contributed by atoms with Crippen molar-refractivity contribution in [3.05, 3.63) is 41.4 Å². The zero-order valence-electron chi connectivity index (χ0n) is 15.1. The second kappa shape index (κ2) is 7.75. The summed E-state index contributed by atoms with van der Waals surface area (Å²) in [6.45, 7) is 0. The second-order valence-corrected chi connectivity index (χ2v) is 6.26. The molecule has 0 radical (unpaired) electrons. The molecule has 1 aliphatic heterocycles. The summed E-state index contributed by atoms with van der Waals surface area (Å²) in [7, 11) is 4.52. The maximum Gasteiger partial charge on any atom is 0.256 e. The monoisotopic (exact) mass is 390 g/mol. The molecule has 8 heteroatoms. The Morgan fingerprint density at radius 3 is 2.37 bits per heavy atom. The van der Waals surface area contributed by atoms with Gasteiger partial charge in [0.05, 0.1) is 38.5 Å². The van der Waals surface area contributed by atoms with Crippen molar-refractivity contribution >= 4 is 34.8 Å². The molecule has 0 unspecified atom stereocenters. The number of hydrogen-bond acceptors (Lipinski definition) is 6. The van der Waals surface area contributed by atoms with Gasteiger partial charge in [0.25, 0.3) is 5.91 Å². The number of amides is 2. The summed E-state index contributed by atoms with van der Waals surface area (Å²) in [5.74, 6) is 0.790. The molecule has 27 heavy (non-hydrogen) atoms. The van der Waals surface area contributed by atoms with E-state index in [1.54, 1.807) is 36.4 Å². The molecule has 1 atom stereocenters. The van der Waals surface area contributed by atoms with Crippen molar-refractivity contribution in [1.82, 2.24) is 0 Å². The lowest BCUT2D eigenvalue weighted by Gasteiger charge is -2.19. The van der Waals surface area contributed by atoms with Crippen molar-refractivity contribution in [3.63, 3.8) is 0 Å². The fourth-order valence-electron chi connectivity index (χ4n) is 2.92. The highest BCUT2D eigenvalue weighted by Crippen LogP contribution is 2.36. The summed E-state index contributed by atoms with van der Waals surface area (Å²) >= 11 is 6.12. The van der Waals surface area contributed by atoms with Gasteiger partial charge in [-0.25, -0.2) is 4.90 Å². The third-order valence-corrected chi connectivity index (χ3v) is 4.56. The smallest absolute Gasteiger partial charge is 0.256 e. The maximum absolute atomic E-state index is 12.8. The van der Waals surface area contributed by atoms with E-state index in [1.807, 2.05) is 0 Å². The Morgan fingerprint density at radius 2 is 1.74 bits per heavy atom. The zero-order valence-corrected chi connectivity index (χ0v) is 15.9. The summed E-state index contributed by atoms with van der Waals surface area (Å²) in [6, 6.07) is 9.29. The first kappa shape index (κ1) is 18.8. The van der Waals surface area contributed by atoms with Gasteiger partial charge < -0.3 is 19.5 Å². The number of hydrogen-bond donors (Lipinski definition) is 1. The Bertz CT molecular complexity index is 886. The van der Waals surface area contributed by atoms with Crippen LogP contribution < -0.4 is 24.4 Å². The Hall–Kier alpha value is -2.93. The highest BCUT2D eigenvalue weighted by Gasteiger charge is 2.40. The van der Waals surface area contributed by atoms with Gasteiger partial charge >= 0.3 is 0 Å². The molecule has 1 saturated heterocycles. The van der Waals surface area contributed by atoms with Crippen molar-refractivity contribution in [2.45, 2.75) is 12.5 Å². The lowest BCUT2D eigenvalue weighted by molar-refractivity contribution is -0.121. The summed E-state index contributed by atoms with van der Waals surface area (Å²) < 4.78 is 15.6. The number of halogens is 1. The van der Waals surface area contributed by atoms with Crippen LogP contribution in [0.2, 0.25) is 5.02 Å². The third kappa shape index (κ3) is 3.64. The van der Waals surface area contributed by atoms with Crippen LogP contribution in [0, 0.1) is 0 Å². The highest BCUT2D eigenvalue weighted by atomic mass is 35.5. The highest BCUT2D eigenvalue weighted by molar-refractivity contribution is 6.32. The van der Waals surface area contributed by atoms with E-state index in [1.165, 1.54) is 21.3 Å². The number of ether oxygens (including phenoxy) is 3. The lowest BCUT2D eigenvalue weighted by atomic mass is 10.2. The Balaban J connectivity index is 1.84. The molecule has 1 aliphatic rings. The molecule has 0 spiro atoms. The van der Waals surface area contributed by atoms with E-state index < -0.39 is 6.04 Å². The number of methoxy groups -OCH3 is 3. The normalized spacial score (nSPS) is 16.4. The first-order valence-electron chi connectivity index (χ1n) is 8.17. The topological polar surface area (TPSA) is 77.1 Å². The van der Waals surface area contributed by atoms with Crippen molar-refractivity contribution in [1.29, 1.82) is 0 Å². The molecule has 3 rings (SSSR count). The van der Waals surface area contributed by atoms with Crippen LogP contribution in [0.5, 0.6) is 17.2 Å². The van der Waals surface area contributed by atoms with E-state index in [9.17, 15) is 9.59 Å². The van der Waals surface area contributed by atoms with E-state index >= 15 is 0 Å². The molecule has 2 aromatic rings. The van der Waals surface area contributed by atoms with E-state index in [0.29, 0.717) is 33.6 Å². The van der Waals surface area contributed by atoms with Gasteiger partial charge in [-0.3, -0.25) is 9.59 Å². The predicted molar refractivity (Wildman–Crippen MR) is 102 cm³/mol. The Kier molecular flexibility index (Phi) is 5.41. The summed E-state index contributed by atoms with van der Waals surface area (Å²) in [6.07, 6.45) is 0.0255. The molecule has 1 heterocycles. The minimum absolute atomic E-state index is 0.0255. The fraction of sp³-hybridized carbons (Fsp3) is 0.263. The average Bonchev–Trinajstić information content (AvgIpc) is 2.94. The van der Waals surface area contributed by atoms with E-state index in [0.717, 1.165) is 4.90 Å². The van der Waals surface area contributed by atoms with Gasteiger partial charge in [-0.2, -0.15) is 0 Å². The predicted octanol–water partition coefficient (Wildman–Crippen LogP) is 3.11. The van der Waals surface area contributed by atoms with Crippen LogP contribution in [0.3, 0.4) is 0 Å². The van der Waals surface area contributed by atoms with Gasteiger partial charge in [-0.15, -0.1) is 0 Å². The maximum atomic E-state index is 12.8. The summed E-state index contributed by atoms with van der Waals surface area (Å²) in [4.78, 5) is 26.5. The molecule has 2 amide bonds. The molecule has 142 valence electrons. The number of benzene rings is 2. The van der Waals surface area contributed by atoms with E-state index in [-0.39, 0.29) is 18.2 Å². The van der Waals surface area contributed by atoms with Crippen LogP contribution in [0.25, 0.3) is 0 Å². The summed E-state index contributed by atoms with van der Waals surface area (Å²) in [5.41, 5.74) is 1.00. The summed E-state index contributed by atoms with van der Waals surface area (Å²) in [5, 5.41) is 3.47. The fourth-order valence-corrected chi connectivity index (χ4v) is 3.18. The van der Waals surface area contributed by atoms with Crippen molar-refractivity contribution in [2.75, 3.05) is 31.5 Å². The van der Waals surface area contributed by atoms with Crippen molar-refractivity contribution in [3.8, 4) is 17.2 Å². The molecule has 7 nitrogen and oxygen atoms in total. The second-order valence-electron chi connectivity index (χ2n) is 5.86. The molecular weight excluding hydrogens is 372 g/mol. The largest absolute Gasteiger partial charge is 0.497 e. The molecule has 0 aromatic heterocycles. The van der Waals surface area contributed by atoms with Gasteiger partial charge in [0.1, 0.15) is 23.3 Å². The Labute approximate surface area is 161 Å². The number of rotatable bonds is 6. The molecule has 0 aliphatic carbocycles. The zero-order chi connectivity index (χ0) is 19.6. The van der Waals surface area contributed by atoms with Crippen LogP contribution in [0.15, 0.2) is 36.4 Å². The number of carbonyl (C=O) groups excluding carboxylic acids is 2. The van der Waals surface area contributed by atoms with Crippen LogP contribution in [-0.2, 0) is 9.59 Å². The number of nitrogens with zero attached hydrogens (tertiary/aromatic N) is 1. The number of imide groups is 1. The van der Waals surface area contributed by atoms with Crippen molar-refractivity contribution in [2.24, 2.45) is 0 Å². The quantitative estimate of drug-likeness (QED) is 0.764. The SMILES string of the molecule is COc1ccc(N2C(=O)C[C@H](Nc3ccc(OC)c(Cl)c3)C2=O)c(OC)c1. The number of anilines is 2. The first-order valence-corrected chi connectivity index (χ1v) is 8.55. The molecule has 2 aromatic carbocycles. The van der Waals surface area contributed by atoms with Gasteiger partial charge in [-0.1, -0.05) is 11.6 Å². The van der Waals surface area contributed by atoms with Crippen LogP contribution in [0.4, 0.5) is 11.4 Å². The van der Waals surface area contributed by atoms with Gasteiger partial charge in [-0.05, 0) is 30.3 Å². The standard InChI is InChI=1S/C19H19ClN2O5/c1-25-12-5-6-15(17(9-12)27-3)22-18(23)10-14(19(22)24)21-11-4-7-16(26-2)13(20)8-11/h4-9,14,21H,10H2,1-3H3/t14-/m0/s1. The van der Waals surface area contributed by atoms with Gasteiger partial charge in [0.2, 0.25) is 5.91 Å². The van der Waals surface area contributed by atoms with E-state index in [2.05, 4.69) is 5.32 Å². The first-order chi connectivity index (χ1) is 13.0. The molecule has 1 fully saturated rings. The third-order valence-electron chi connectivity index (χ3n) is 4.27. The Morgan fingerprint density at radius 1 is 1.00 bits per heavy atom. The molecule has 0 saturated carbocycles. The van der Waals surface area contributed by atoms with Crippen LogP contribution >= 0.6 is 11.6 Å². The van der Waals surface area contributed by atoms with Crippen molar-refractivity contribution < 1.29 is 23.8 Å². The van der Waals surface area contributed by atoms with E-state index in [4.69, 9.17) is 25.8 Å². The minimum atomic E-state index is -0.700. The lowest BCUT2D eigenvalue weighted by Crippen LogP contribution is -2.35. The molecular formula is C19H19ClN2O5. The van der Waals surface area contributed by atoms with Crippen LogP contribution in [-0.4, -0.2) is 39.2 Å². The average molecular weight is 391 g/mol. The van der Waals surface area contributed by atoms with Gasteiger partial charge in [0, 0.05) is 11.8 Å². The minimum Gasteiger partial charge on any atom is -0.497 e.